The van der Waals surface area contributed by atoms with E-state index in [0.717, 1.165) is 16.2 Å². The first-order valence-corrected chi connectivity index (χ1v) is 12.6. The number of fused-ring (bicyclic) bond motifs is 1. The van der Waals surface area contributed by atoms with Crippen molar-refractivity contribution in [3.8, 4) is 11.5 Å². The van der Waals surface area contributed by atoms with Gasteiger partial charge in [0.05, 0.1) is 22.4 Å². The predicted octanol–water partition coefficient (Wildman–Crippen LogP) is 2.71. The minimum Gasteiger partial charge on any atom is -0.463 e. The van der Waals surface area contributed by atoms with E-state index in [0.29, 0.717) is 26.2 Å². The molecule has 1 aromatic carbocycles. The SMILES string of the molecule is CCOC(=O)C1=C(C)N=c2s/c(=C/c3ccc(OC(C)=O)cc3OC(C)=O)c(=O)n2[C@H]1c1cccs1. The van der Waals surface area contributed by atoms with Crippen LogP contribution in [-0.4, -0.2) is 29.1 Å². The summed E-state index contributed by atoms with van der Waals surface area (Å²) in [6.07, 6.45) is 1.58. The number of ether oxygens (including phenoxy) is 3. The van der Waals surface area contributed by atoms with E-state index in [9.17, 15) is 19.2 Å². The maximum absolute atomic E-state index is 13.6. The highest BCUT2D eigenvalue weighted by Crippen LogP contribution is 2.33. The fourth-order valence-electron chi connectivity index (χ4n) is 3.76. The average Bonchev–Trinajstić information content (AvgIpc) is 3.43. The highest BCUT2D eigenvalue weighted by molar-refractivity contribution is 7.10. The van der Waals surface area contributed by atoms with Gasteiger partial charge in [-0.1, -0.05) is 17.4 Å². The second-order valence-electron chi connectivity index (χ2n) is 7.70. The normalized spacial score (nSPS) is 15.2. The minimum absolute atomic E-state index is 0.130. The molecule has 0 saturated heterocycles. The molecular weight excluding hydrogens is 504 g/mol. The van der Waals surface area contributed by atoms with Crippen molar-refractivity contribution < 1.29 is 28.6 Å². The van der Waals surface area contributed by atoms with Crippen LogP contribution in [0, 0.1) is 0 Å². The third-order valence-electron chi connectivity index (χ3n) is 5.12. The number of esters is 3. The first-order chi connectivity index (χ1) is 17.2. The molecule has 9 nitrogen and oxygen atoms in total. The van der Waals surface area contributed by atoms with Crippen LogP contribution >= 0.6 is 22.7 Å². The number of benzene rings is 1. The van der Waals surface area contributed by atoms with Gasteiger partial charge in [0.25, 0.3) is 5.56 Å². The molecule has 0 amide bonds. The van der Waals surface area contributed by atoms with Gasteiger partial charge < -0.3 is 14.2 Å². The molecule has 4 rings (SSSR count). The topological polar surface area (TPSA) is 113 Å². The summed E-state index contributed by atoms with van der Waals surface area (Å²) in [7, 11) is 0. The van der Waals surface area contributed by atoms with Crippen molar-refractivity contribution >= 4 is 46.7 Å². The summed E-state index contributed by atoms with van der Waals surface area (Å²) in [6.45, 7) is 6.14. The molecule has 0 N–H and O–H groups in total. The van der Waals surface area contributed by atoms with E-state index >= 15 is 0 Å². The second-order valence-corrected chi connectivity index (χ2v) is 9.69. The quantitative estimate of drug-likeness (QED) is 0.358. The number of hydrogen-bond donors (Lipinski definition) is 0. The summed E-state index contributed by atoms with van der Waals surface area (Å²) in [5.41, 5.74) is 0.861. The summed E-state index contributed by atoms with van der Waals surface area (Å²) in [6, 6.07) is 7.56. The van der Waals surface area contributed by atoms with Gasteiger partial charge in [-0.3, -0.25) is 19.0 Å². The smallest absolute Gasteiger partial charge is 0.338 e. The van der Waals surface area contributed by atoms with Crippen LogP contribution in [0.15, 0.2) is 56.8 Å². The minimum atomic E-state index is -0.679. The van der Waals surface area contributed by atoms with Gasteiger partial charge in [-0.2, -0.15) is 0 Å². The van der Waals surface area contributed by atoms with E-state index in [-0.39, 0.29) is 23.7 Å². The summed E-state index contributed by atoms with van der Waals surface area (Å²) >= 11 is 2.58. The molecule has 0 aliphatic carbocycles. The van der Waals surface area contributed by atoms with Gasteiger partial charge in [-0.15, -0.1) is 11.3 Å². The fraction of sp³-hybridized carbons (Fsp3) is 0.240. The van der Waals surface area contributed by atoms with Crippen molar-refractivity contribution in [1.82, 2.24) is 4.57 Å². The molecule has 0 fully saturated rings. The highest BCUT2D eigenvalue weighted by Gasteiger charge is 2.33. The molecule has 0 bridgehead atoms. The Bertz CT molecular complexity index is 1560. The zero-order valence-electron chi connectivity index (χ0n) is 19.9. The average molecular weight is 527 g/mol. The predicted molar refractivity (Wildman–Crippen MR) is 134 cm³/mol. The van der Waals surface area contributed by atoms with Gasteiger partial charge >= 0.3 is 17.9 Å². The van der Waals surface area contributed by atoms with Gasteiger partial charge in [0.2, 0.25) is 0 Å². The van der Waals surface area contributed by atoms with Crippen LogP contribution in [0.25, 0.3) is 6.08 Å². The van der Waals surface area contributed by atoms with Crippen molar-refractivity contribution in [1.29, 1.82) is 0 Å². The number of rotatable bonds is 6. The maximum atomic E-state index is 13.6. The molecular formula is C25H22N2O7S2. The Morgan fingerprint density at radius 2 is 1.89 bits per heavy atom. The number of hydrogen-bond acceptors (Lipinski definition) is 10. The van der Waals surface area contributed by atoms with Gasteiger partial charge in [-0.25, -0.2) is 9.79 Å². The van der Waals surface area contributed by atoms with Crippen LogP contribution in [0.3, 0.4) is 0 Å². The first-order valence-electron chi connectivity index (χ1n) is 10.9. The summed E-state index contributed by atoms with van der Waals surface area (Å²) in [5, 5.41) is 1.87. The third-order valence-corrected chi connectivity index (χ3v) is 7.02. The number of thiazole rings is 1. The summed E-state index contributed by atoms with van der Waals surface area (Å²) in [4.78, 5) is 55.2. The molecule has 1 aliphatic rings. The lowest BCUT2D eigenvalue weighted by atomic mass is 10.0. The number of carbonyl (C=O) groups is 3. The van der Waals surface area contributed by atoms with Crippen molar-refractivity contribution in [2.75, 3.05) is 6.61 Å². The monoisotopic (exact) mass is 526 g/mol. The lowest BCUT2D eigenvalue weighted by molar-refractivity contribution is -0.139. The van der Waals surface area contributed by atoms with Crippen LogP contribution in [0.5, 0.6) is 11.5 Å². The van der Waals surface area contributed by atoms with Crippen molar-refractivity contribution in [3.05, 3.63) is 77.1 Å². The number of allylic oxidation sites excluding steroid dienone is 1. The van der Waals surface area contributed by atoms with Gasteiger partial charge in [0.1, 0.15) is 17.5 Å². The van der Waals surface area contributed by atoms with E-state index in [1.165, 1.54) is 41.9 Å². The van der Waals surface area contributed by atoms with Crippen LogP contribution in [-0.2, 0) is 19.1 Å². The largest absolute Gasteiger partial charge is 0.463 e. The Labute approximate surface area is 213 Å². The van der Waals surface area contributed by atoms with Gasteiger partial charge in [0.15, 0.2) is 4.80 Å². The lowest BCUT2D eigenvalue weighted by Crippen LogP contribution is -2.39. The van der Waals surface area contributed by atoms with Crippen LogP contribution in [0.4, 0.5) is 0 Å². The highest BCUT2D eigenvalue weighted by atomic mass is 32.1. The van der Waals surface area contributed by atoms with E-state index in [4.69, 9.17) is 14.2 Å². The maximum Gasteiger partial charge on any atom is 0.338 e. The summed E-state index contributed by atoms with van der Waals surface area (Å²) in [5.74, 6) is -1.29. The molecule has 0 saturated carbocycles. The Morgan fingerprint density at radius 1 is 1.14 bits per heavy atom. The zero-order chi connectivity index (χ0) is 26.0. The van der Waals surface area contributed by atoms with Crippen LogP contribution < -0.4 is 24.4 Å². The van der Waals surface area contributed by atoms with Crippen LogP contribution in [0.2, 0.25) is 0 Å². The molecule has 1 aliphatic heterocycles. The standard InChI is InChI=1S/C25H22N2O7S2/c1-5-32-24(31)21-13(2)26-25-27(22(21)19-7-6-10-35-19)23(30)20(36-25)11-16-8-9-17(33-14(3)28)12-18(16)34-15(4)29/h6-12,22H,5H2,1-4H3/b20-11+/t22-/m0/s1. The number of nitrogens with zero attached hydrogens (tertiary/aromatic N) is 2. The van der Waals surface area contributed by atoms with E-state index in [1.807, 2.05) is 17.5 Å². The first kappa shape index (κ1) is 25.3. The third kappa shape index (κ3) is 5.07. The van der Waals surface area contributed by atoms with Crippen molar-refractivity contribution in [2.24, 2.45) is 4.99 Å². The molecule has 0 radical (unpaired) electrons. The Hall–Kier alpha value is -3.83. The molecule has 36 heavy (non-hydrogen) atoms. The number of aromatic nitrogens is 1. The van der Waals surface area contributed by atoms with Crippen molar-refractivity contribution in [3.63, 3.8) is 0 Å². The van der Waals surface area contributed by atoms with Gasteiger partial charge in [0, 0.05) is 30.4 Å². The Morgan fingerprint density at radius 3 is 2.53 bits per heavy atom. The number of carbonyl (C=O) groups excluding carboxylic acids is 3. The lowest BCUT2D eigenvalue weighted by Gasteiger charge is -2.23. The Kier molecular flexibility index (Phi) is 7.32. The van der Waals surface area contributed by atoms with E-state index < -0.39 is 23.9 Å². The molecule has 3 aromatic rings. The van der Waals surface area contributed by atoms with E-state index in [2.05, 4.69) is 4.99 Å². The molecule has 0 unspecified atom stereocenters. The second kappa shape index (κ2) is 10.4. The Balaban J connectivity index is 1.89. The van der Waals surface area contributed by atoms with E-state index in [1.54, 1.807) is 26.0 Å². The van der Waals surface area contributed by atoms with Crippen molar-refractivity contribution in [2.45, 2.75) is 33.7 Å². The molecule has 2 aromatic heterocycles. The molecule has 11 heteroatoms. The fourth-order valence-corrected chi connectivity index (χ4v) is 5.62. The summed E-state index contributed by atoms with van der Waals surface area (Å²) < 4.78 is 17.5. The number of thiophene rings is 1. The molecule has 186 valence electrons. The zero-order valence-corrected chi connectivity index (χ0v) is 21.5. The van der Waals surface area contributed by atoms with Crippen LogP contribution in [0.1, 0.15) is 44.2 Å². The molecule has 0 spiro atoms. The van der Waals surface area contributed by atoms with Gasteiger partial charge in [-0.05, 0) is 43.5 Å². The molecule has 1 atom stereocenters. The molecule has 3 heterocycles.